The van der Waals surface area contributed by atoms with Crippen molar-refractivity contribution in [2.75, 3.05) is 13.1 Å². The number of benzene rings is 2. The van der Waals surface area contributed by atoms with Gasteiger partial charge in [0.15, 0.2) is 0 Å². The minimum Gasteiger partial charge on any atom is -0.207 e. The highest BCUT2D eigenvalue weighted by atomic mass is 15.3. The van der Waals surface area contributed by atoms with Crippen molar-refractivity contribution in [1.82, 2.24) is 30.4 Å². The molecule has 0 unspecified atom stereocenters. The fourth-order valence-electron chi connectivity index (χ4n) is 2.48. The lowest BCUT2D eigenvalue weighted by molar-refractivity contribution is 0.832. The Morgan fingerprint density at radius 1 is 0.567 bits per heavy atom. The van der Waals surface area contributed by atoms with Crippen molar-refractivity contribution in [3.63, 3.8) is 0 Å². The van der Waals surface area contributed by atoms with Crippen LogP contribution in [0.3, 0.4) is 0 Å². The van der Waals surface area contributed by atoms with Gasteiger partial charge in [-0.2, -0.15) is 20.4 Å². The van der Waals surface area contributed by atoms with E-state index in [2.05, 4.69) is 50.8 Å². The molecule has 10 nitrogen and oxygen atoms in total. The van der Waals surface area contributed by atoms with E-state index in [1.54, 1.807) is 12.4 Å². The van der Waals surface area contributed by atoms with Gasteiger partial charge in [0.25, 0.3) is 11.9 Å². The predicted molar refractivity (Wildman–Crippen MR) is 109 cm³/mol. The first kappa shape index (κ1) is 19.0. The zero-order valence-corrected chi connectivity index (χ0v) is 15.8. The molecular weight excluding hydrogens is 380 g/mol. The molecule has 0 atom stereocenters. The van der Waals surface area contributed by atoms with E-state index in [-0.39, 0.29) is 11.9 Å². The largest absolute Gasteiger partial charge is 0.287 e. The Labute approximate surface area is 171 Å². The number of hydrogen-bond donors (Lipinski definition) is 0. The summed E-state index contributed by atoms with van der Waals surface area (Å²) in [5.74, 6) is 0.382. The maximum Gasteiger partial charge on any atom is 0.287 e. The maximum atomic E-state index is 4.33. The van der Waals surface area contributed by atoms with Crippen LogP contribution in [0.1, 0.15) is 0 Å². The molecule has 2 aromatic heterocycles. The molecule has 0 spiro atoms. The van der Waals surface area contributed by atoms with Crippen molar-refractivity contribution < 1.29 is 0 Å². The van der Waals surface area contributed by atoms with Crippen LogP contribution in [0.15, 0.2) is 93.5 Å². The molecule has 0 radical (unpaired) electrons. The summed E-state index contributed by atoms with van der Waals surface area (Å²) in [4.78, 5) is 8.66. The molecule has 2 aromatic carbocycles. The second-order valence-electron chi connectivity index (χ2n) is 5.95. The molecule has 4 aromatic rings. The lowest BCUT2D eigenvalue weighted by Gasteiger charge is -1.99. The number of hydrogen-bond acceptors (Lipinski definition) is 10. The highest BCUT2D eigenvalue weighted by Gasteiger charge is 2.03. The molecule has 2 heterocycles. The van der Waals surface area contributed by atoms with Crippen LogP contribution in [-0.4, -0.2) is 43.5 Å². The molecule has 0 amide bonds. The van der Waals surface area contributed by atoms with Crippen molar-refractivity contribution in [3.8, 4) is 22.5 Å². The Morgan fingerprint density at radius 3 is 1.43 bits per heavy atom. The molecule has 10 heteroatoms. The summed E-state index contributed by atoms with van der Waals surface area (Å²) in [6, 6.07) is 19.3. The Hall–Kier alpha value is -4.34. The number of rotatable bonds is 7. The van der Waals surface area contributed by atoms with Crippen LogP contribution in [0.5, 0.6) is 0 Å². The monoisotopic (exact) mass is 396 g/mol. The Bertz CT molecular complexity index is 1050. The first-order chi connectivity index (χ1) is 14.9. The quantitative estimate of drug-likeness (QED) is 0.339. The lowest BCUT2D eigenvalue weighted by Crippen LogP contribution is -1.91. The van der Waals surface area contributed by atoms with E-state index in [1.807, 2.05) is 60.7 Å². The Morgan fingerprint density at radius 2 is 1.00 bits per heavy atom. The third kappa shape index (κ3) is 5.13. The SMILES string of the molecule is c1ccc(-c2cnnc(N=NCCN=Nc3nncc(-c4ccccc4)n3)n2)cc1. The van der Waals surface area contributed by atoms with Crippen LogP contribution in [-0.2, 0) is 0 Å². The lowest BCUT2D eigenvalue weighted by atomic mass is 10.2. The van der Waals surface area contributed by atoms with Gasteiger partial charge in [-0.1, -0.05) is 60.7 Å². The minimum absolute atomic E-state index is 0.191. The van der Waals surface area contributed by atoms with Gasteiger partial charge in [-0.05, 0) is 0 Å². The molecule has 0 saturated heterocycles. The zero-order valence-electron chi connectivity index (χ0n) is 15.8. The summed E-state index contributed by atoms with van der Waals surface area (Å²) in [7, 11) is 0. The van der Waals surface area contributed by atoms with E-state index >= 15 is 0 Å². The fourth-order valence-corrected chi connectivity index (χ4v) is 2.48. The first-order valence-corrected chi connectivity index (χ1v) is 9.14. The molecule has 146 valence electrons. The van der Waals surface area contributed by atoms with Crippen molar-refractivity contribution in [1.29, 1.82) is 0 Å². The first-order valence-electron chi connectivity index (χ1n) is 9.14. The maximum absolute atomic E-state index is 4.33. The van der Waals surface area contributed by atoms with Crippen molar-refractivity contribution >= 4 is 11.9 Å². The van der Waals surface area contributed by atoms with Gasteiger partial charge in [0.05, 0.1) is 36.9 Å². The average molecular weight is 396 g/mol. The van der Waals surface area contributed by atoms with Crippen LogP contribution in [0.2, 0.25) is 0 Å². The number of nitrogens with zero attached hydrogens (tertiary/aromatic N) is 10. The smallest absolute Gasteiger partial charge is 0.207 e. The van der Waals surface area contributed by atoms with E-state index in [0.29, 0.717) is 24.5 Å². The van der Waals surface area contributed by atoms with Gasteiger partial charge in [0.1, 0.15) is 0 Å². The summed E-state index contributed by atoms with van der Waals surface area (Å²) >= 11 is 0. The van der Waals surface area contributed by atoms with Crippen molar-refractivity contribution in [3.05, 3.63) is 73.1 Å². The molecular formula is C20H16N10. The number of azo groups is 2. The summed E-state index contributed by atoms with van der Waals surface area (Å²) in [5.41, 5.74) is 3.23. The van der Waals surface area contributed by atoms with E-state index < -0.39 is 0 Å². The van der Waals surface area contributed by atoms with Gasteiger partial charge in [-0.25, -0.2) is 9.97 Å². The molecule has 0 fully saturated rings. The normalized spacial score (nSPS) is 11.3. The second-order valence-corrected chi connectivity index (χ2v) is 5.95. The van der Waals surface area contributed by atoms with E-state index in [1.165, 1.54) is 0 Å². The summed E-state index contributed by atoms with van der Waals surface area (Å²) in [6.45, 7) is 0.627. The van der Waals surface area contributed by atoms with Gasteiger partial charge in [-0.3, -0.25) is 0 Å². The molecule has 0 aliphatic heterocycles. The molecule has 0 N–H and O–H groups in total. The molecule has 30 heavy (non-hydrogen) atoms. The van der Waals surface area contributed by atoms with Gasteiger partial charge in [-0.15, -0.1) is 20.4 Å². The molecule has 0 aliphatic carbocycles. The van der Waals surface area contributed by atoms with Crippen LogP contribution in [0.4, 0.5) is 11.9 Å². The van der Waals surface area contributed by atoms with Crippen LogP contribution < -0.4 is 0 Å². The van der Waals surface area contributed by atoms with E-state index in [9.17, 15) is 0 Å². The second kappa shape index (κ2) is 9.73. The summed E-state index contributed by atoms with van der Waals surface area (Å²) in [6.07, 6.45) is 3.17. The van der Waals surface area contributed by atoms with Crippen LogP contribution >= 0.6 is 0 Å². The van der Waals surface area contributed by atoms with Crippen LogP contribution in [0, 0.1) is 0 Å². The Balaban J connectivity index is 1.32. The van der Waals surface area contributed by atoms with Gasteiger partial charge in [0.2, 0.25) is 0 Å². The number of aromatic nitrogens is 6. The average Bonchev–Trinajstić information content (AvgIpc) is 2.83. The zero-order chi connectivity index (χ0) is 20.4. The Kier molecular flexibility index (Phi) is 6.16. The molecule has 0 bridgehead atoms. The topological polar surface area (TPSA) is 127 Å². The van der Waals surface area contributed by atoms with Crippen LogP contribution in [0.25, 0.3) is 22.5 Å². The molecule has 4 rings (SSSR count). The highest BCUT2D eigenvalue weighted by molar-refractivity contribution is 5.58. The predicted octanol–water partition coefficient (Wildman–Crippen LogP) is 4.26. The summed E-state index contributed by atoms with van der Waals surface area (Å²) in [5, 5.41) is 31.6. The molecule has 0 saturated carbocycles. The van der Waals surface area contributed by atoms with E-state index in [0.717, 1.165) is 11.1 Å². The molecule has 0 aliphatic rings. The van der Waals surface area contributed by atoms with Gasteiger partial charge in [0, 0.05) is 11.1 Å². The fraction of sp³-hybridized carbons (Fsp3) is 0.100. The minimum atomic E-state index is 0.191. The summed E-state index contributed by atoms with van der Waals surface area (Å²) < 4.78 is 0. The van der Waals surface area contributed by atoms with Crippen molar-refractivity contribution in [2.24, 2.45) is 20.5 Å². The van der Waals surface area contributed by atoms with Crippen molar-refractivity contribution in [2.45, 2.75) is 0 Å². The van der Waals surface area contributed by atoms with Gasteiger partial charge < -0.3 is 0 Å². The third-order valence-electron chi connectivity index (χ3n) is 3.85. The van der Waals surface area contributed by atoms with E-state index in [4.69, 9.17) is 0 Å². The standard InChI is InChI=1S/C20H16N10/c1-3-7-15(8-4-1)17-13-23-29-19(25-17)27-21-11-12-22-28-20-26-18(14-24-30-20)16-9-5-2-6-10-16/h1-10,13-14H,11-12H2. The highest BCUT2D eigenvalue weighted by Crippen LogP contribution is 2.17. The third-order valence-corrected chi connectivity index (χ3v) is 3.85. The van der Waals surface area contributed by atoms with Gasteiger partial charge >= 0.3 is 0 Å².